The Morgan fingerprint density at radius 3 is 2.25 bits per heavy atom. The fourth-order valence-corrected chi connectivity index (χ4v) is 2.76. The van der Waals surface area contributed by atoms with E-state index < -0.39 is 0 Å². The van der Waals surface area contributed by atoms with Crippen molar-refractivity contribution in [1.82, 2.24) is 4.90 Å². The quantitative estimate of drug-likeness (QED) is 0.750. The van der Waals surface area contributed by atoms with Crippen molar-refractivity contribution in [3.8, 4) is 0 Å². The summed E-state index contributed by atoms with van der Waals surface area (Å²) in [4.78, 5) is 2.22. The molecule has 88 valence electrons. The Kier molecular flexibility index (Phi) is 5.85. The van der Waals surface area contributed by atoms with Gasteiger partial charge in [0.25, 0.3) is 0 Å². The van der Waals surface area contributed by atoms with Gasteiger partial charge >= 0.3 is 0 Å². The number of hydrogen-bond acceptors (Lipinski definition) is 2. The maximum Gasteiger partial charge on any atom is 0.136 e. The van der Waals surface area contributed by atoms with E-state index in [4.69, 9.17) is 12.2 Å². The molecule has 1 aromatic rings. The van der Waals surface area contributed by atoms with E-state index in [-0.39, 0.29) is 0 Å². The molecule has 3 heteroatoms. The zero-order valence-corrected chi connectivity index (χ0v) is 11.8. The zero-order valence-electron chi connectivity index (χ0n) is 10.2. The minimum absolute atomic E-state index is 0.968. The standard InChI is InChI=1S/C13H19NS2/c1-4-14(5-2)13(15)16-10-12-8-6-11(3)7-9-12/h6-9H,4-5,10H2,1-3H3. The van der Waals surface area contributed by atoms with Crippen molar-refractivity contribution in [2.24, 2.45) is 0 Å². The lowest BCUT2D eigenvalue weighted by atomic mass is 10.2. The third kappa shape index (κ3) is 4.14. The van der Waals surface area contributed by atoms with Crippen LogP contribution in [0.2, 0.25) is 0 Å². The second-order valence-corrected chi connectivity index (χ2v) is 5.32. The molecule has 0 unspecified atom stereocenters. The maximum absolute atomic E-state index is 5.39. The van der Waals surface area contributed by atoms with Crippen LogP contribution in [-0.4, -0.2) is 22.3 Å². The fourth-order valence-electron chi connectivity index (χ4n) is 1.40. The second-order valence-electron chi connectivity index (χ2n) is 3.71. The molecule has 0 saturated heterocycles. The highest BCUT2D eigenvalue weighted by molar-refractivity contribution is 8.22. The summed E-state index contributed by atoms with van der Waals surface area (Å²) in [5, 5.41) is 0. The second kappa shape index (κ2) is 6.92. The van der Waals surface area contributed by atoms with Crippen molar-refractivity contribution in [1.29, 1.82) is 0 Å². The minimum atomic E-state index is 0.968. The Bertz CT molecular complexity index is 328. The van der Waals surface area contributed by atoms with E-state index in [2.05, 4.69) is 49.9 Å². The molecule has 0 N–H and O–H groups in total. The zero-order chi connectivity index (χ0) is 12.0. The van der Waals surface area contributed by atoms with Gasteiger partial charge in [0, 0.05) is 18.8 Å². The molecule has 0 aromatic heterocycles. The molecule has 1 aromatic carbocycles. The smallest absolute Gasteiger partial charge is 0.136 e. The number of aryl methyl sites for hydroxylation is 1. The Morgan fingerprint density at radius 1 is 1.19 bits per heavy atom. The van der Waals surface area contributed by atoms with Gasteiger partial charge in [0.2, 0.25) is 0 Å². The molecule has 0 aliphatic carbocycles. The maximum atomic E-state index is 5.39. The molecule has 0 atom stereocenters. The molecule has 0 radical (unpaired) electrons. The summed E-state index contributed by atoms with van der Waals surface area (Å²) in [5.41, 5.74) is 2.64. The van der Waals surface area contributed by atoms with Crippen molar-refractivity contribution in [3.63, 3.8) is 0 Å². The van der Waals surface area contributed by atoms with Gasteiger partial charge in [-0.1, -0.05) is 53.8 Å². The van der Waals surface area contributed by atoms with Crippen LogP contribution in [0, 0.1) is 6.92 Å². The summed E-state index contributed by atoms with van der Waals surface area (Å²) in [7, 11) is 0. The van der Waals surface area contributed by atoms with Crippen molar-refractivity contribution in [3.05, 3.63) is 35.4 Å². The number of hydrogen-bond donors (Lipinski definition) is 0. The number of benzene rings is 1. The highest BCUT2D eigenvalue weighted by atomic mass is 32.2. The van der Waals surface area contributed by atoms with Gasteiger partial charge in [0.1, 0.15) is 4.32 Å². The van der Waals surface area contributed by atoms with Gasteiger partial charge in [-0.3, -0.25) is 0 Å². The molecule has 0 heterocycles. The Balaban J connectivity index is 2.45. The first-order chi connectivity index (χ1) is 7.67. The number of nitrogens with zero attached hydrogens (tertiary/aromatic N) is 1. The molecule has 0 saturated carbocycles. The Morgan fingerprint density at radius 2 is 1.75 bits per heavy atom. The predicted octanol–water partition coefficient (Wildman–Crippen LogP) is 3.85. The summed E-state index contributed by atoms with van der Waals surface area (Å²) in [6.45, 7) is 8.38. The first-order valence-corrected chi connectivity index (χ1v) is 7.04. The summed E-state index contributed by atoms with van der Waals surface area (Å²) >= 11 is 7.14. The molecular weight excluding hydrogens is 234 g/mol. The van der Waals surface area contributed by atoms with Crippen molar-refractivity contribution < 1.29 is 0 Å². The first kappa shape index (κ1) is 13.5. The Labute approximate surface area is 108 Å². The van der Waals surface area contributed by atoms with E-state index >= 15 is 0 Å². The number of thioether (sulfide) groups is 1. The minimum Gasteiger partial charge on any atom is -0.358 e. The molecular formula is C13H19NS2. The predicted molar refractivity (Wildman–Crippen MR) is 78.0 cm³/mol. The van der Waals surface area contributed by atoms with Gasteiger partial charge in [0.05, 0.1) is 0 Å². The lowest BCUT2D eigenvalue weighted by molar-refractivity contribution is 0.482. The van der Waals surface area contributed by atoms with E-state index in [9.17, 15) is 0 Å². The van der Waals surface area contributed by atoms with Crippen LogP contribution in [0.3, 0.4) is 0 Å². The van der Waals surface area contributed by atoms with E-state index in [1.165, 1.54) is 11.1 Å². The van der Waals surface area contributed by atoms with Crippen LogP contribution in [0.15, 0.2) is 24.3 Å². The number of thiocarbonyl (C=S) groups is 1. The van der Waals surface area contributed by atoms with Gasteiger partial charge in [0.15, 0.2) is 0 Å². The third-order valence-corrected chi connectivity index (χ3v) is 4.10. The average molecular weight is 253 g/mol. The van der Waals surface area contributed by atoms with Crippen molar-refractivity contribution >= 4 is 28.3 Å². The van der Waals surface area contributed by atoms with Crippen LogP contribution >= 0.6 is 24.0 Å². The SMILES string of the molecule is CCN(CC)C(=S)SCc1ccc(C)cc1. The van der Waals surface area contributed by atoms with Crippen LogP contribution in [0.25, 0.3) is 0 Å². The van der Waals surface area contributed by atoms with Gasteiger partial charge < -0.3 is 4.90 Å². The highest BCUT2D eigenvalue weighted by Gasteiger charge is 2.05. The molecule has 0 spiro atoms. The lowest BCUT2D eigenvalue weighted by Crippen LogP contribution is -2.26. The summed E-state index contributed by atoms with van der Waals surface area (Å²) < 4.78 is 1.01. The van der Waals surface area contributed by atoms with Gasteiger partial charge in [-0.2, -0.15) is 0 Å². The summed E-state index contributed by atoms with van der Waals surface area (Å²) in [5.74, 6) is 0.968. The Hall–Kier alpha value is -0.540. The van der Waals surface area contributed by atoms with E-state index in [0.717, 1.165) is 23.2 Å². The van der Waals surface area contributed by atoms with Gasteiger partial charge in [-0.15, -0.1) is 0 Å². The van der Waals surface area contributed by atoms with Crippen molar-refractivity contribution in [2.75, 3.05) is 13.1 Å². The van der Waals surface area contributed by atoms with Gasteiger partial charge in [-0.25, -0.2) is 0 Å². The normalized spacial score (nSPS) is 10.2. The monoisotopic (exact) mass is 253 g/mol. The van der Waals surface area contributed by atoms with Crippen LogP contribution in [0.4, 0.5) is 0 Å². The van der Waals surface area contributed by atoms with Gasteiger partial charge in [-0.05, 0) is 26.3 Å². The van der Waals surface area contributed by atoms with Crippen LogP contribution in [-0.2, 0) is 5.75 Å². The first-order valence-electron chi connectivity index (χ1n) is 5.64. The number of rotatable bonds is 4. The molecule has 0 bridgehead atoms. The molecule has 0 fully saturated rings. The highest BCUT2D eigenvalue weighted by Crippen LogP contribution is 2.16. The summed E-state index contributed by atoms with van der Waals surface area (Å²) in [6.07, 6.45) is 0. The van der Waals surface area contributed by atoms with Crippen LogP contribution in [0.5, 0.6) is 0 Å². The topological polar surface area (TPSA) is 3.24 Å². The van der Waals surface area contributed by atoms with E-state index in [1.54, 1.807) is 11.8 Å². The molecule has 0 aliphatic heterocycles. The molecule has 0 amide bonds. The third-order valence-electron chi connectivity index (χ3n) is 2.50. The fraction of sp³-hybridized carbons (Fsp3) is 0.462. The molecule has 1 nitrogen and oxygen atoms in total. The lowest BCUT2D eigenvalue weighted by Gasteiger charge is -2.20. The molecule has 1 rings (SSSR count). The molecule has 0 aliphatic rings. The van der Waals surface area contributed by atoms with Crippen LogP contribution < -0.4 is 0 Å². The average Bonchev–Trinajstić information content (AvgIpc) is 2.30. The largest absolute Gasteiger partial charge is 0.358 e. The van der Waals surface area contributed by atoms with Crippen molar-refractivity contribution in [2.45, 2.75) is 26.5 Å². The summed E-state index contributed by atoms with van der Waals surface area (Å²) in [6, 6.07) is 8.65. The van der Waals surface area contributed by atoms with Crippen LogP contribution in [0.1, 0.15) is 25.0 Å². The van der Waals surface area contributed by atoms with E-state index in [1.807, 2.05) is 0 Å². The molecule has 16 heavy (non-hydrogen) atoms. The van der Waals surface area contributed by atoms with E-state index in [0.29, 0.717) is 0 Å².